The quantitative estimate of drug-likeness (QED) is 0.160. The van der Waals surface area contributed by atoms with Gasteiger partial charge in [-0.1, -0.05) is 0 Å². The number of nitrogens with two attached hydrogens (primary N) is 2. The Hall–Kier alpha value is -2.11. The van der Waals surface area contributed by atoms with Gasteiger partial charge in [0.1, 0.15) is 43.7 Å². The van der Waals surface area contributed by atoms with Crippen molar-refractivity contribution in [2.75, 3.05) is 40.1 Å². The lowest BCUT2D eigenvalue weighted by atomic mass is 10.2. The van der Waals surface area contributed by atoms with E-state index < -0.39 is 59.8 Å². The standard InChI is InChI=1S/C7H13NO4.C7H15NO3.C7H10O4.C5H12O.C4H6O4.H3N/c1-7(2)11-4(3-9)5(12-7)6(8)10;1-7(2)10-5(3-8)6(4-9)11-7;1-7(2)10-4-3-9-6(8)5(4)11-7;1-5(2,3)6-4;5-2-1-8-4(7)3(2)6;/h4-5,9H,3H2,1-2H3,(H2,8,10);5-6,9H,3-4,8H2,1-2H3;4-5H,3H2,1-2H3;1-4H3;2-3,5-6H,1H2;1H3/t4-,5-;5-,6+;4-,5-;;2-,3-;/m101.1./s1. The predicted octanol–water partition coefficient (Wildman–Crippen LogP) is -1.64. The summed E-state index contributed by atoms with van der Waals surface area (Å²) in [6.45, 7) is 16.9. The number of carbonyl (C=O) groups is 3. The average Bonchev–Trinajstić information content (AvgIpc) is 3.75. The third-order valence-electron chi connectivity index (χ3n) is 6.76. The van der Waals surface area contributed by atoms with Crippen LogP contribution in [0.2, 0.25) is 0 Å². The number of fused-ring (bicyclic) bond motifs is 1. The van der Waals surface area contributed by atoms with Crippen molar-refractivity contribution in [1.29, 1.82) is 0 Å². The third kappa shape index (κ3) is 15.8. The van der Waals surface area contributed by atoms with Gasteiger partial charge in [0.2, 0.25) is 5.91 Å². The lowest BCUT2D eigenvalue weighted by Crippen LogP contribution is -2.38. The van der Waals surface area contributed by atoms with Crippen LogP contribution in [-0.4, -0.2) is 150 Å². The number of carbonyl (C=O) groups excluding carboxylic acids is 3. The molecule has 19 nitrogen and oxygen atoms in total. The highest BCUT2D eigenvalue weighted by Gasteiger charge is 2.50. The van der Waals surface area contributed by atoms with E-state index in [-0.39, 0.29) is 55.9 Å². The molecule has 19 heteroatoms. The molecule has 8 atom stereocenters. The molecule has 0 aromatic carbocycles. The van der Waals surface area contributed by atoms with Crippen molar-refractivity contribution in [2.45, 2.75) is 134 Å². The van der Waals surface area contributed by atoms with Gasteiger partial charge in [0.25, 0.3) is 0 Å². The number of hydrogen-bond acceptors (Lipinski definition) is 18. The molecule has 0 unspecified atom stereocenters. The lowest BCUT2D eigenvalue weighted by Gasteiger charge is -2.17. The number of hydrogen-bond donors (Lipinski definition) is 7. The Balaban J connectivity index is 0.000000596. The minimum Gasteiger partial charge on any atom is -0.461 e. The Morgan fingerprint density at radius 3 is 1.57 bits per heavy atom. The number of primary amides is 1. The maximum Gasteiger partial charge on any atom is 0.338 e. The molecule has 1 amide bonds. The Morgan fingerprint density at radius 2 is 1.24 bits per heavy atom. The van der Waals surface area contributed by atoms with Crippen LogP contribution in [0, 0.1) is 0 Å². The highest BCUT2D eigenvalue weighted by Crippen LogP contribution is 2.32. The summed E-state index contributed by atoms with van der Waals surface area (Å²) in [5, 5.41) is 34.8. The molecule has 5 saturated heterocycles. The minimum absolute atomic E-state index is 0. The summed E-state index contributed by atoms with van der Waals surface area (Å²) in [6.07, 6.45) is -4.97. The van der Waals surface area contributed by atoms with Crippen LogP contribution in [0.4, 0.5) is 0 Å². The van der Waals surface area contributed by atoms with E-state index in [0.717, 1.165) is 0 Å². The largest absolute Gasteiger partial charge is 0.461 e. The highest BCUT2D eigenvalue weighted by atomic mass is 16.8. The highest BCUT2D eigenvalue weighted by molar-refractivity contribution is 5.80. The molecule has 5 aliphatic heterocycles. The van der Waals surface area contributed by atoms with Crippen LogP contribution in [0.1, 0.15) is 62.3 Å². The van der Waals surface area contributed by atoms with Crippen molar-refractivity contribution in [3.63, 3.8) is 0 Å². The molecule has 0 radical (unpaired) electrons. The summed E-state index contributed by atoms with van der Waals surface area (Å²) in [5.74, 6) is -3.73. The summed E-state index contributed by atoms with van der Waals surface area (Å²) in [5.41, 5.74) is 10.5. The molecule has 0 spiro atoms. The van der Waals surface area contributed by atoms with Gasteiger partial charge in [-0.05, 0) is 62.3 Å². The third-order valence-corrected chi connectivity index (χ3v) is 6.76. The molecule has 0 aromatic heterocycles. The summed E-state index contributed by atoms with van der Waals surface area (Å²) in [7, 11) is 1.71. The zero-order valence-electron chi connectivity index (χ0n) is 30.2. The van der Waals surface area contributed by atoms with E-state index in [1.54, 1.807) is 34.8 Å². The second kappa shape index (κ2) is 19.5. The molecular weight excluding hydrogens is 658 g/mol. The fourth-order valence-corrected chi connectivity index (χ4v) is 4.38. The molecular formula is C30H59N3O16. The normalized spacial score (nSPS) is 33.0. The molecule has 5 heterocycles. The fourth-order valence-electron chi connectivity index (χ4n) is 4.38. The minimum atomic E-state index is -1.32. The number of amides is 1. The molecule has 0 aliphatic carbocycles. The van der Waals surface area contributed by atoms with Crippen LogP contribution >= 0.6 is 0 Å². The Bertz CT molecular complexity index is 1020. The van der Waals surface area contributed by atoms with Gasteiger partial charge in [0.05, 0.1) is 18.8 Å². The van der Waals surface area contributed by atoms with Crippen LogP contribution in [0.5, 0.6) is 0 Å². The Morgan fingerprint density at radius 1 is 0.796 bits per heavy atom. The van der Waals surface area contributed by atoms with Crippen LogP contribution in [0.3, 0.4) is 0 Å². The molecule has 0 saturated carbocycles. The molecule has 0 bridgehead atoms. The topological polar surface area (TPSA) is 302 Å². The lowest BCUT2D eigenvalue weighted by molar-refractivity contribution is -0.178. The Kier molecular flexibility index (Phi) is 18.6. The summed E-state index contributed by atoms with van der Waals surface area (Å²) in [4.78, 5) is 31.8. The summed E-state index contributed by atoms with van der Waals surface area (Å²) in [6, 6.07) is 0. The molecule has 5 fully saturated rings. The van der Waals surface area contributed by atoms with Crippen molar-refractivity contribution in [1.82, 2.24) is 6.15 Å². The van der Waals surface area contributed by atoms with Crippen LogP contribution in [0.25, 0.3) is 0 Å². The molecule has 5 rings (SSSR count). The molecule has 290 valence electrons. The number of methoxy groups -OCH3 is 1. The van der Waals surface area contributed by atoms with Gasteiger partial charge in [0.15, 0.2) is 35.7 Å². The summed E-state index contributed by atoms with van der Waals surface area (Å²) < 4.78 is 45.7. The van der Waals surface area contributed by atoms with Crippen molar-refractivity contribution in [3.05, 3.63) is 0 Å². The Labute approximate surface area is 287 Å². The van der Waals surface area contributed by atoms with E-state index in [4.69, 9.17) is 69.8 Å². The average molecular weight is 718 g/mol. The van der Waals surface area contributed by atoms with Gasteiger partial charge in [-0.2, -0.15) is 0 Å². The first kappa shape index (κ1) is 46.9. The van der Waals surface area contributed by atoms with Crippen molar-refractivity contribution < 1.29 is 77.4 Å². The second-order valence-corrected chi connectivity index (χ2v) is 13.5. The SMILES string of the molecule is CC1(C)O[C@@H](CN)[C@@H](CO)O1.CC1(C)O[C@@H]2COC(=O)[C@@H]2O1.CC1(C)O[C@H](CO)[C@H](C(N)=O)O1.COC(C)(C)C.N.O=C1OC[C@@H](O)[C@H]1O. The predicted molar refractivity (Wildman–Crippen MR) is 170 cm³/mol. The van der Waals surface area contributed by atoms with E-state index >= 15 is 0 Å². The maximum atomic E-state index is 10.9. The van der Waals surface area contributed by atoms with E-state index in [1.165, 1.54) is 0 Å². The van der Waals surface area contributed by atoms with Gasteiger partial charge < -0.3 is 80.7 Å². The van der Waals surface area contributed by atoms with E-state index in [1.807, 2.05) is 34.6 Å². The summed E-state index contributed by atoms with van der Waals surface area (Å²) >= 11 is 0. The molecule has 0 aromatic rings. The van der Waals surface area contributed by atoms with Gasteiger partial charge in [-0.15, -0.1) is 0 Å². The van der Waals surface area contributed by atoms with Crippen LogP contribution < -0.4 is 17.6 Å². The number of rotatable bonds is 4. The zero-order chi connectivity index (χ0) is 37.3. The van der Waals surface area contributed by atoms with Crippen molar-refractivity contribution in [2.24, 2.45) is 11.5 Å². The van der Waals surface area contributed by atoms with Crippen LogP contribution in [0.15, 0.2) is 0 Å². The van der Waals surface area contributed by atoms with Gasteiger partial charge in [0, 0.05) is 13.7 Å². The second-order valence-electron chi connectivity index (χ2n) is 13.5. The van der Waals surface area contributed by atoms with Crippen molar-refractivity contribution in [3.8, 4) is 0 Å². The van der Waals surface area contributed by atoms with Gasteiger partial charge in [-0.3, -0.25) is 4.79 Å². The first-order valence-electron chi connectivity index (χ1n) is 15.4. The number of aliphatic hydroxyl groups excluding tert-OH is 4. The zero-order valence-corrected chi connectivity index (χ0v) is 30.2. The fraction of sp³-hybridized carbons (Fsp3) is 0.900. The monoisotopic (exact) mass is 717 g/mol. The smallest absolute Gasteiger partial charge is 0.338 e. The number of aliphatic hydroxyl groups is 4. The molecule has 5 aliphatic rings. The number of esters is 2. The number of cyclic esters (lactones) is 2. The first-order valence-corrected chi connectivity index (χ1v) is 15.4. The number of ether oxygens (including phenoxy) is 9. The van der Waals surface area contributed by atoms with Gasteiger partial charge in [-0.25, -0.2) is 9.59 Å². The molecule has 11 N–H and O–H groups in total. The first-order chi connectivity index (χ1) is 21.9. The van der Waals surface area contributed by atoms with Gasteiger partial charge >= 0.3 is 11.9 Å². The van der Waals surface area contributed by atoms with E-state index in [0.29, 0.717) is 13.2 Å². The maximum absolute atomic E-state index is 10.9. The van der Waals surface area contributed by atoms with E-state index in [2.05, 4.69) is 4.74 Å². The van der Waals surface area contributed by atoms with Crippen LogP contribution in [-0.2, 0) is 57.0 Å². The van der Waals surface area contributed by atoms with E-state index in [9.17, 15) is 14.4 Å². The molecule has 49 heavy (non-hydrogen) atoms. The van der Waals surface area contributed by atoms with Crippen molar-refractivity contribution >= 4 is 17.8 Å².